The first-order valence-electron chi connectivity index (χ1n) is 6.32. The first-order valence-corrected chi connectivity index (χ1v) is 7.14. The molecule has 5 heteroatoms. The lowest BCUT2D eigenvalue weighted by molar-refractivity contribution is 0.543. The molecular formula is C14H18FN3S. The van der Waals surface area contributed by atoms with Crippen LogP contribution in [-0.2, 0) is 6.54 Å². The van der Waals surface area contributed by atoms with Crippen LogP contribution in [0.2, 0.25) is 0 Å². The van der Waals surface area contributed by atoms with Gasteiger partial charge in [-0.15, -0.1) is 0 Å². The Labute approximate surface area is 117 Å². The molecule has 0 amide bonds. The van der Waals surface area contributed by atoms with Crippen LogP contribution in [0.5, 0.6) is 0 Å². The van der Waals surface area contributed by atoms with Gasteiger partial charge in [0.1, 0.15) is 5.82 Å². The Morgan fingerprint density at radius 1 is 1.42 bits per heavy atom. The summed E-state index contributed by atoms with van der Waals surface area (Å²) in [7, 11) is 0. The molecule has 1 aromatic heterocycles. The number of halogens is 1. The van der Waals surface area contributed by atoms with Crippen LogP contribution in [-0.4, -0.2) is 16.5 Å². The number of hydrogen-bond acceptors (Lipinski definition) is 3. The highest BCUT2D eigenvalue weighted by Crippen LogP contribution is 2.30. The summed E-state index contributed by atoms with van der Waals surface area (Å²) in [6, 6.07) is 5.17. The van der Waals surface area contributed by atoms with E-state index in [1.165, 1.54) is 17.8 Å². The van der Waals surface area contributed by atoms with Gasteiger partial charge in [0.25, 0.3) is 0 Å². The van der Waals surface area contributed by atoms with E-state index in [9.17, 15) is 4.39 Å². The molecule has 19 heavy (non-hydrogen) atoms. The van der Waals surface area contributed by atoms with Gasteiger partial charge in [-0.25, -0.2) is 9.37 Å². The van der Waals surface area contributed by atoms with Gasteiger partial charge in [-0.1, -0.05) is 26.0 Å². The van der Waals surface area contributed by atoms with Crippen LogP contribution in [0.15, 0.2) is 40.6 Å². The molecule has 102 valence electrons. The molecule has 0 saturated carbocycles. The fourth-order valence-corrected chi connectivity index (χ4v) is 2.58. The number of nitrogens with zero attached hydrogens (tertiary/aromatic N) is 1. The van der Waals surface area contributed by atoms with Gasteiger partial charge in [-0.05, 0) is 35.9 Å². The molecule has 3 nitrogen and oxygen atoms in total. The molecule has 0 atom stereocenters. The summed E-state index contributed by atoms with van der Waals surface area (Å²) in [4.78, 5) is 7.73. The Hall–Kier alpha value is -1.33. The van der Waals surface area contributed by atoms with Crippen molar-refractivity contribution in [2.24, 2.45) is 5.92 Å². The van der Waals surface area contributed by atoms with Crippen molar-refractivity contribution in [2.45, 2.75) is 30.4 Å². The molecule has 2 aromatic rings. The van der Waals surface area contributed by atoms with Gasteiger partial charge in [0.05, 0.1) is 4.90 Å². The van der Waals surface area contributed by atoms with Crippen molar-refractivity contribution in [1.82, 2.24) is 15.3 Å². The second-order valence-electron chi connectivity index (χ2n) is 4.75. The highest BCUT2D eigenvalue weighted by atomic mass is 32.2. The summed E-state index contributed by atoms with van der Waals surface area (Å²) < 4.78 is 13.9. The van der Waals surface area contributed by atoms with Crippen LogP contribution in [0.1, 0.15) is 19.4 Å². The third-order valence-corrected chi connectivity index (χ3v) is 3.67. The van der Waals surface area contributed by atoms with E-state index < -0.39 is 0 Å². The molecule has 0 spiro atoms. The summed E-state index contributed by atoms with van der Waals surface area (Å²) >= 11 is 1.32. The number of aromatic amines is 1. The Morgan fingerprint density at radius 2 is 2.26 bits per heavy atom. The molecule has 0 aliphatic heterocycles. The monoisotopic (exact) mass is 279 g/mol. The number of aromatic nitrogens is 2. The first kappa shape index (κ1) is 14.1. The van der Waals surface area contributed by atoms with Gasteiger partial charge in [-0.3, -0.25) is 0 Å². The predicted octanol–water partition coefficient (Wildman–Crippen LogP) is 3.45. The lowest BCUT2D eigenvalue weighted by atomic mass is 10.2. The van der Waals surface area contributed by atoms with Gasteiger partial charge in [-0.2, -0.15) is 0 Å². The standard InChI is InChI=1S/C14H18FN3S/c1-10(2)8-16-9-11-4-3-5-12(15)13(11)19-14-17-6-7-18-14/h3-7,10,16H,8-9H2,1-2H3,(H,17,18). The maximum absolute atomic E-state index is 13.9. The Morgan fingerprint density at radius 3 is 2.95 bits per heavy atom. The average molecular weight is 279 g/mol. The van der Waals surface area contributed by atoms with Crippen LogP contribution in [0.3, 0.4) is 0 Å². The van der Waals surface area contributed by atoms with Gasteiger partial charge >= 0.3 is 0 Å². The second kappa shape index (κ2) is 6.73. The molecule has 0 fully saturated rings. The van der Waals surface area contributed by atoms with Crippen LogP contribution in [0.25, 0.3) is 0 Å². The SMILES string of the molecule is CC(C)CNCc1cccc(F)c1Sc1ncc[nH]1. The van der Waals surface area contributed by atoms with E-state index in [0.717, 1.165) is 12.1 Å². The average Bonchev–Trinajstić information content (AvgIpc) is 2.85. The molecule has 1 heterocycles. The lowest BCUT2D eigenvalue weighted by Gasteiger charge is -2.11. The van der Waals surface area contributed by atoms with Crippen molar-refractivity contribution in [3.63, 3.8) is 0 Å². The minimum absolute atomic E-state index is 0.203. The van der Waals surface area contributed by atoms with Crippen molar-refractivity contribution in [3.05, 3.63) is 42.0 Å². The summed E-state index contributed by atoms with van der Waals surface area (Å²) in [5.41, 5.74) is 0.960. The van der Waals surface area contributed by atoms with Crippen molar-refractivity contribution in [1.29, 1.82) is 0 Å². The molecule has 0 saturated heterocycles. The Kier molecular flexibility index (Phi) is 4.99. The van der Waals surface area contributed by atoms with Crippen molar-refractivity contribution >= 4 is 11.8 Å². The fraction of sp³-hybridized carbons (Fsp3) is 0.357. The molecule has 0 aliphatic carbocycles. The lowest BCUT2D eigenvalue weighted by Crippen LogP contribution is -2.19. The van der Waals surface area contributed by atoms with Gasteiger partial charge in [0, 0.05) is 18.9 Å². The zero-order valence-electron chi connectivity index (χ0n) is 11.1. The zero-order chi connectivity index (χ0) is 13.7. The summed E-state index contributed by atoms with van der Waals surface area (Å²) in [6.07, 6.45) is 3.40. The number of imidazole rings is 1. The molecule has 2 rings (SSSR count). The quantitative estimate of drug-likeness (QED) is 0.851. The highest BCUT2D eigenvalue weighted by Gasteiger charge is 2.11. The van der Waals surface area contributed by atoms with Crippen molar-refractivity contribution in [2.75, 3.05) is 6.54 Å². The van der Waals surface area contributed by atoms with Crippen LogP contribution >= 0.6 is 11.8 Å². The van der Waals surface area contributed by atoms with Gasteiger partial charge in [0.15, 0.2) is 5.16 Å². The molecule has 2 N–H and O–H groups in total. The van der Waals surface area contributed by atoms with E-state index in [1.807, 2.05) is 6.07 Å². The Balaban J connectivity index is 2.11. The fourth-order valence-electron chi connectivity index (χ4n) is 1.71. The van der Waals surface area contributed by atoms with Crippen LogP contribution in [0, 0.1) is 11.7 Å². The molecule has 1 aromatic carbocycles. The summed E-state index contributed by atoms with van der Waals surface area (Å²) in [6.45, 7) is 5.88. The molecule has 0 radical (unpaired) electrons. The number of benzene rings is 1. The van der Waals surface area contributed by atoms with E-state index in [2.05, 4.69) is 29.1 Å². The van der Waals surface area contributed by atoms with Crippen molar-refractivity contribution < 1.29 is 4.39 Å². The van der Waals surface area contributed by atoms with Gasteiger partial charge < -0.3 is 10.3 Å². The van der Waals surface area contributed by atoms with Crippen LogP contribution < -0.4 is 5.32 Å². The topological polar surface area (TPSA) is 40.7 Å². The number of hydrogen-bond donors (Lipinski definition) is 2. The molecule has 0 aliphatic rings. The highest BCUT2D eigenvalue weighted by molar-refractivity contribution is 7.99. The molecule has 0 unspecified atom stereocenters. The third-order valence-electron chi connectivity index (χ3n) is 2.59. The minimum atomic E-state index is -0.203. The number of rotatable bonds is 6. The van der Waals surface area contributed by atoms with Crippen LogP contribution in [0.4, 0.5) is 4.39 Å². The van der Waals surface area contributed by atoms with Crippen molar-refractivity contribution in [3.8, 4) is 0 Å². The van der Waals surface area contributed by atoms with E-state index in [1.54, 1.807) is 18.5 Å². The minimum Gasteiger partial charge on any atom is -0.339 e. The van der Waals surface area contributed by atoms with E-state index in [-0.39, 0.29) is 5.82 Å². The number of H-pyrrole nitrogens is 1. The normalized spacial score (nSPS) is 11.2. The second-order valence-corrected chi connectivity index (χ2v) is 5.75. The first-order chi connectivity index (χ1) is 9.16. The smallest absolute Gasteiger partial charge is 0.170 e. The maximum atomic E-state index is 13.9. The maximum Gasteiger partial charge on any atom is 0.170 e. The zero-order valence-corrected chi connectivity index (χ0v) is 11.9. The third kappa shape index (κ3) is 4.08. The van der Waals surface area contributed by atoms with E-state index in [4.69, 9.17) is 0 Å². The molecular weight excluding hydrogens is 261 g/mol. The van der Waals surface area contributed by atoms with E-state index in [0.29, 0.717) is 22.5 Å². The summed E-state index contributed by atoms with van der Waals surface area (Å²) in [5.74, 6) is 0.375. The number of nitrogens with one attached hydrogen (secondary N) is 2. The summed E-state index contributed by atoms with van der Waals surface area (Å²) in [5, 5.41) is 4.04. The van der Waals surface area contributed by atoms with E-state index >= 15 is 0 Å². The van der Waals surface area contributed by atoms with Gasteiger partial charge in [0.2, 0.25) is 0 Å². The largest absolute Gasteiger partial charge is 0.339 e. The molecule has 0 bridgehead atoms. The predicted molar refractivity (Wildman–Crippen MR) is 75.7 cm³/mol. The Bertz CT molecular complexity index is 511.